The predicted molar refractivity (Wildman–Crippen MR) is 97.5 cm³/mol. The summed E-state index contributed by atoms with van der Waals surface area (Å²) in [7, 11) is -4.50. The molecule has 2 saturated heterocycles. The first-order chi connectivity index (χ1) is 12.5. The Morgan fingerprint density at radius 1 is 0.846 bits per heavy atom. The van der Waals surface area contributed by atoms with Gasteiger partial charge in [0.1, 0.15) is 24.4 Å². The second-order valence-corrected chi connectivity index (χ2v) is 8.30. The summed E-state index contributed by atoms with van der Waals surface area (Å²) in [6.07, 6.45) is 10.9. The summed E-state index contributed by atoms with van der Waals surface area (Å²) >= 11 is 0. The van der Waals surface area contributed by atoms with Gasteiger partial charge >= 0.3 is 10.4 Å². The molecule has 4 atom stereocenters. The number of hydrogen-bond donors (Lipinski definition) is 1. The maximum absolute atomic E-state index is 10.8. The van der Waals surface area contributed by atoms with Gasteiger partial charge in [0.15, 0.2) is 0 Å². The molecule has 0 aromatic rings. The number of rotatable bonds is 14. The summed E-state index contributed by atoms with van der Waals surface area (Å²) in [6, 6.07) is 0. The zero-order chi connectivity index (χ0) is 18.8. The molecule has 0 spiro atoms. The number of unbranched alkanes of at least 4 members (excludes halogenated alkanes) is 9. The Bertz CT molecular complexity index is 482. The van der Waals surface area contributed by atoms with Crippen molar-refractivity contribution in [2.75, 3.05) is 19.8 Å². The van der Waals surface area contributed by atoms with E-state index in [1.165, 1.54) is 51.4 Å². The number of hydrogen-bond acceptors (Lipinski definition) is 6. The van der Waals surface area contributed by atoms with Crippen molar-refractivity contribution in [2.45, 2.75) is 95.5 Å². The molecule has 2 aliphatic rings. The van der Waals surface area contributed by atoms with Crippen molar-refractivity contribution in [1.29, 1.82) is 0 Å². The minimum Gasteiger partial charge on any atom is -0.373 e. The van der Waals surface area contributed by atoms with Crippen LogP contribution in [0.15, 0.2) is 0 Å². The molecule has 7 nitrogen and oxygen atoms in total. The van der Waals surface area contributed by atoms with E-state index >= 15 is 0 Å². The SMILES string of the molecule is CCCCCCCCCCCCO[C@@H]1CO[C@H]2[C@@H]1OC[C@@H]2OS(=O)(=O)O. The van der Waals surface area contributed by atoms with Crippen molar-refractivity contribution < 1.29 is 31.4 Å². The fourth-order valence-electron chi connectivity index (χ4n) is 3.63. The molecule has 0 radical (unpaired) electrons. The minimum atomic E-state index is -4.50. The van der Waals surface area contributed by atoms with Crippen LogP contribution in [0.3, 0.4) is 0 Å². The normalized spacial score (nSPS) is 28.5. The van der Waals surface area contributed by atoms with Crippen LogP contribution in [0, 0.1) is 0 Å². The Morgan fingerprint density at radius 2 is 1.35 bits per heavy atom. The topological polar surface area (TPSA) is 91.3 Å². The van der Waals surface area contributed by atoms with E-state index in [-0.39, 0.29) is 18.8 Å². The molecular formula is C18H34O7S. The minimum absolute atomic E-state index is 0.0766. The van der Waals surface area contributed by atoms with E-state index in [9.17, 15) is 8.42 Å². The zero-order valence-corrected chi connectivity index (χ0v) is 16.6. The van der Waals surface area contributed by atoms with Crippen molar-refractivity contribution in [3.63, 3.8) is 0 Å². The molecule has 2 aliphatic heterocycles. The smallest absolute Gasteiger partial charge is 0.373 e. The summed E-state index contributed by atoms with van der Waals surface area (Å²) in [5.74, 6) is 0. The summed E-state index contributed by atoms with van der Waals surface area (Å²) < 4.78 is 52.0. The van der Waals surface area contributed by atoms with Crippen LogP contribution in [-0.4, -0.2) is 57.2 Å². The Balaban J connectivity index is 1.48. The predicted octanol–water partition coefficient (Wildman–Crippen LogP) is 3.28. The first-order valence-electron chi connectivity index (χ1n) is 10.0. The summed E-state index contributed by atoms with van der Waals surface area (Å²) in [5, 5.41) is 0. The Kier molecular flexibility index (Phi) is 9.80. The van der Waals surface area contributed by atoms with E-state index in [4.69, 9.17) is 18.8 Å². The van der Waals surface area contributed by atoms with Crippen molar-refractivity contribution in [2.24, 2.45) is 0 Å². The summed E-state index contributed by atoms with van der Waals surface area (Å²) in [4.78, 5) is 0. The van der Waals surface area contributed by atoms with E-state index in [1.54, 1.807) is 0 Å². The third kappa shape index (κ3) is 7.78. The first-order valence-corrected chi connectivity index (χ1v) is 11.4. The molecule has 0 aliphatic carbocycles. The monoisotopic (exact) mass is 394 g/mol. The molecule has 0 aromatic carbocycles. The Hall–Kier alpha value is -0.250. The van der Waals surface area contributed by atoms with Crippen LogP contribution in [0.5, 0.6) is 0 Å². The van der Waals surface area contributed by atoms with E-state index < -0.39 is 22.6 Å². The molecule has 2 heterocycles. The maximum Gasteiger partial charge on any atom is 0.397 e. The molecule has 0 saturated carbocycles. The van der Waals surface area contributed by atoms with Crippen molar-refractivity contribution in [3.05, 3.63) is 0 Å². The fourth-order valence-corrected chi connectivity index (χ4v) is 4.11. The Labute approximate surface area is 157 Å². The van der Waals surface area contributed by atoms with Crippen LogP contribution in [0.1, 0.15) is 71.1 Å². The van der Waals surface area contributed by atoms with E-state index in [0.29, 0.717) is 13.2 Å². The van der Waals surface area contributed by atoms with Crippen molar-refractivity contribution in [1.82, 2.24) is 0 Å². The highest BCUT2D eigenvalue weighted by Crippen LogP contribution is 2.31. The molecule has 154 valence electrons. The maximum atomic E-state index is 10.8. The van der Waals surface area contributed by atoms with Crippen LogP contribution >= 0.6 is 0 Å². The second kappa shape index (κ2) is 11.6. The number of ether oxygens (including phenoxy) is 3. The third-order valence-electron chi connectivity index (χ3n) is 5.04. The average Bonchev–Trinajstić information content (AvgIpc) is 3.15. The van der Waals surface area contributed by atoms with Gasteiger partial charge in [-0.2, -0.15) is 8.42 Å². The lowest BCUT2D eigenvalue weighted by atomic mass is 10.1. The standard InChI is InChI=1S/C18H34O7S/c1-2-3-4-5-6-7-8-9-10-11-12-22-15-13-23-18-16(14-24-17(15)18)25-26(19,20)21/h15-18H,2-14H2,1H3,(H,19,20,21)/t15-,16+,17-,18-/m1/s1. The average molecular weight is 395 g/mol. The molecule has 2 fully saturated rings. The van der Waals surface area contributed by atoms with Crippen LogP contribution in [0.2, 0.25) is 0 Å². The fraction of sp³-hybridized carbons (Fsp3) is 1.00. The van der Waals surface area contributed by atoms with Gasteiger partial charge in [0.2, 0.25) is 0 Å². The first kappa shape index (κ1) is 22.0. The highest BCUT2D eigenvalue weighted by molar-refractivity contribution is 7.80. The zero-order valence-electron chi connectivity index (χ0n) is 15.8. The molecule has 0 bridgehead atoms. The van der Waals surface area contributed by atoms with Crippen LogP contribution in [0.4, 0.5) is 0 Å². The molecule has 26 heavy (non-hydrogen) atoms. The van der Waals surface area contributed by atoms with E-state index in [1.807, 2.05) is 0 Å². The van der Waals surface area contributed by atoms with Gasteiger partial charge in [0, 0.05) is 6.61 Å². The van der Waals surface area contributed by atoms with Crippen molar-refractivity contribution in [3.8, 4) is 0 Å². The molecule has 1 N–H and O–H groups in total. The van der Waals surface area contributed by atoms with Gasteiger partial charge in [-0.05, 0) is 6.42 Å². The second-order valence-electron chi connectivity index (χ2n) is 7.25. The lowest BCUT2D eigenvalue weighted by molar-refractivity contribution is -0.0364. The lowest BCUT2D eigenvalue weighted by Crippen LogP contribution is -2.35. The molecule has 0 aromatic heterocycles. The Morgan fingerprint density at radius 3 is 1.92 bits per heavy atom. The van der Waals surface area contributed by atoms with Gasteiger partial charge in [-0.15, -0.1) is 0 Å². The quantitative estimate of drug-likeness (QED) is 0.357. The summed E-state index contributed by atoms with van der Waals surface area (Å²) in [6.45, 7) is 3.33. The van der Waals surface area contributed by atoms with Gasteiger partial charge in [-0.3, -0.25) is 4.55 Å². The molecular weight excluding hydrogens is 360 g/mol. The van der Waals surface area contributed by atoms with Crippen LogP contribution in [-0.2, 0) is 28.8 Å². The van der Waals surface area contributed by atoms with Gasteiger partial charge < -0.3 is 14.2 Å². The van der Waals surface area contributed by atoms with Gasteiger partial charge in [0.25, 0.3) is 0 Å². The molecule has 0 unspecified atom stereocenters. The largest absolute Gasteiger partial charge is 0.397 e. The van der Waals surface area contributed by atoms with E-state index in [0.717, 1.165) is 12.8 Å². The highest BCUT2D eigenvalue weighted by atomic mass is 32.3. The van der Waals surface area contributed by atoms with Crippen LogP contribution < -0.4 is 0 Å². The number of fused-ring (bicyclic) bond motifs is 1. The van der Waals surface area contributed by atoms with Gasteiger partial charge in [0.05, 0.1) is 13.2 Å². The molecule has 0 amide bonds. The molecule has 2 rings (SSSR count). The molecule has 8 heteroatoms. The van der Waals surface area contributed by atoms with Crippen LogP contribution in [0.25, 0.3) is 0 Å². The van der Waals surface area contributed by atoms with Gasteiger partial charge in [-0.1, -0.05) is 64.7 Å². The highest BCUT2D eigenvalue weighted by Gasteiger charge is 2.50. The van der Waals surface area contributed by atoms with Crippen molar-refractivity contribution >= 4 is 10.4 Å². The van der Waals surface area contributed by atoms with E-state index in [2.05, 4.69) is 11.1 Å². The summed E-state index contributed by atoms with van der Waals surface area (Å²) in [5.41, 5.74) is 0. The van der Waals surface area contributed by atoms with Gasteiger partial charge in [-0.25, -0.2) is 4.18 Å². The third-order valence-corrected chi connectivity index (χ3v) is 5.53. The lowest BCUT2D eigenvalue weighted by Gasteiger charge is -2.16.